The van der Waals surface area contributed by atoms with E-state index >= 15 is 0 Å². The van der Waals surface area contributed by atoms with Crippen LogP contribution in [0.4, 0.5) is 18.9 Å². The third-order valence-electron chi connectivity index (χ3n) is 4.85. The van der Waals surface area contributed by atoms with E-state index in [0.717, 1.165) is 23.0 Å². The molecular formula is C21H19F3N2O5S. The number of anilines is 1. The third-order valence-corrected chi connectivity index (χ3v) is 6.09. The van der Waals surface area contributed by atoms with Gasteiger partial charge in [-0.15, -0.1) is 0 Å². The molecule has 3 aromatic rings. The first-order chi connectivity index (χ1) is 14.9. The maximum Gasteiger partial charge on any atom is 0.416 e. The van der Waals surface area contributed by atoms with Gasteiger partial charge in [0.05, 0.1) is 35.7 Å². The van der Waals surface area contributed by atoms with Crippen LogP contribution in [0.3, 0.4) is 0 Å². The second-order valence-electron chi connectivity index (χ2n) is 7.04. The van der Waals surface area contributed by atoms with E-state index < -0.39 is 39.7 Å². The van der Waals surface area contributed by atoms with Gasteiger partial charge < -0.3 is 4.74 Å². The van der Waals surface area contributed by atoms with Crippen LogP contribution in [0.15, 0.2) is 54.7 Å². The van der Waals surface area contributed by atoms with Crippen LogP contribution in [-0.2, 0) is 20.9 Å². The van der Waals surface area contributed by atoms with E-state index in [4.69, 9.17) is 4.74 Å². The number of sulfonamides is 1. The van der Waals surface area contributed by atoms with Crippen molar-refractivity contribution in [1.82, 2.24) is 4.57 Å². The molecule has 0 N–H and O–H groups in total. The van der Waals surface area contributed by atoms with Gasteiger partial charge in [0.15, 0.2) is 0 Å². The number of esters is 1. The first-order valence-corrected chi connectivity index (χ1v) is 11.1. The van der Waals surface area contributed by atoms with E-state index in [9.17, 15) is 31.2 Å². The highest BCUT2D eigenvalue weighted by atomic mass is 32.2. The number of carbonyl (C=O) groups is 2. The quantitative estimate of drug-likeness (QED) is 0.530. The summed E-state index contributed by atoms with van der Waals surface area (Å²) in [5.41, 5.74) is -0.952. The number of hydrogen-bond acceptors (Lipinski definition) is 5. The maximum atomic E-state index is 13.3. The summed E-state index contributed by atoms with van der Waals surface area (Å²) >= 11 is 0. The predicted octanol–water partition coefficient (Wildman–Crippen LogP) is 3.94. The summed E-state index contributed by atoms with van der Waals surface area (Å²) < 4.78 is 70.9. The van der Waals surface area contributed by atoms with Gasteiger partial charge in [-0.05, 0) is 31.2 Å². The Morgan fingerprint density at radius 1 is 1.09 bits per heavy atom. The molecule has 0 saturated heterocycles. The molecule has 0 unspecified atom stereocenters. The Labute approximate surface area is 182 Å². The fraction of sp³-hybridized carbons (Fsp3) is 0.238. The molecule has 3 rings (SSSR count). The smallest absolute Gasteiger partial charge is 0.416 e. The summed E-state index contributed by atoms with van der Waals surface area (Å²) in [6.07, 6.45) is -2.68. The largest absolute Gasteiger partial charge is 0.465 e. The number of carbonyl (C=O) groups excluding carboxylic acids is 2. The number of ether oxygens (including phenoxy) is 1. The molecule has 0 saturated carbocycles. The molecule has 0 spiro atoms. The van der Waals surface area contributed by atoms with Gasteiger partial charge in [-0.2, -0.15) is 13.2 Å². The molecule has 0 aliphatic carbocycles. The lowest BCUT2D eigenvalue weighted by atomic mass is 10.1. The fourth-order valence-electron chi connectivity index (χ4n) is 3.46. The highest BCUT2D eigenvalue weighted by molar-refractivity contribution is 7.92. The number of halogens is 3. The van der Waals surface area contributed by atoms with Crippen LogP contribution < -0.4 is 4.31 Å². The zero-order valence-corrected chi connectivity index (χ0v) is 18.1. The SMILES string of the molecule is COC(=O)c1cn(C(=O)[C@@H](C)N(c2cccc(C(F)(F)F)c2)S(C)(=O)=O)c2ccccc12. The van der Waals surface area contributed by atoms with Crippen molar-refractivity contribution in [1.29, 1.82) is 0 Å². The Hall–Kier alpha value is -3.34. The summed E-state index contributed by atoms with van der Waals surface area (Å²) in [7, 11) is -2.98. The number of alkyl halides is 3. The second kappa shape index (κ2) is 8.30. The number of aromatic nitrogens is 1. The van der Waals surface area contributed by atoms with Gasteiger partial charge in [0.1, 0.15) is 6.04 Å². The Kier molecular flexibility index (Phi) is 6.05. The van der Waals surface area contributed by atoms with Crippen LogP contribution in [0.1, 0.15) is 27.6 Å². The van der Waals surface area contributed by atoms with E-state index in [1.165, 1.54) is 26.3 Å². The van der Waals surface area contributed by atoms with Gasteiger partial charge in [-0.3, -0.25) is 13.7 Å². The average Bonchev–Trinajstić information content (AvgIpc) is 3.11. The van der Waals surface area contributed by atoms with Crippen molar-refractivity contribution >= 4 is 38.5 Å². The lowest BCUT2D eigenvalue weighted by molar-refractivity contribution is -0.137. The van der Waals surface area contributed by atoms with Crippen LogP contribution >= 0.6 is 0 Å². The molecular weight excluding hydrogens is 449 g/mol. The first kappa shape index (κ1) is 23.3. The van der Waals surface area contributed by atoms with Crippen LogP contribution in [0, 0.1) is 0 Å². The lowest BCUT2D eigenvalue weighted by Gasteiger charge is -2.28. The molecule has 2 aromatic carbocycles. The van der Waals surface area contributed by atoms with Gasteiger partial charge in [-0.1, -0.05) is 24.3 Å². The van der Waals surface area contributed by atoms with Crippen molar-refractivity contribution in [2.45, 2.75) is 19.1 Å². The van der Waals surface area contributed by atoms with E-state index in [0.29, 0.717) is 21.3 Å². The zero-order valence-electron chi connectivity index (χ0n) is 17.3. The Bertz CT molecular complexity index is 1300. The monoisotopic (exact) mass is 468 g/mol. The fourth-order valence-corrected chi connectivity index (χ4v) is 4.62. The molecule has 170 valence electrons. The second-order valence-corrected chi connectivity index (χ2v) is 8.90. The summed E-state index contributed by atoms with van der Waals surface area (Å²) in [5.74, 6) is -1.46. The molecule has 0 amide bonds. The Morgan fingerprint density at radius 2 is 1.75 bits per heavy atom. The van der Waals surface area contributed by atoms with Crippen molar-refractivity contribution in [3.05, 3.63) is 65.9 Å². The summed E-state index contributed by atoms with van der Waals surface area (Å²) in [4.78, 5) is 25.4. The number of hydrogen-bond donors (Lipinski definition) is 0. The van der Waals surface area contributed by atoms with Gasteiger partial charge in [0.2, 0.25) is 10.0 Å². The number of nitrogens with zero attached hydrogens (tertiary/aromatic N) is 2. The molecule has 0 aliphatic heterocycles. The third kappa shape index (κ3) is 4.33. The molecule has 1 atom stereocenters. The minimum atomic E-state index is -4.70. The summed E-state index contributed by atoms with van der Waals surface area (Å²) in [6, 6.07) is 8.71. The van der Waals surface area contributed by atoms with E-state index in [1.54, 1.807) is 24.3 Å². The first-order valence-electron chi connectivity index (χ1n) is 9.25. The van der Waals surface area contributed by atoms with Crippen molar-refractivity contribution in [2.24, 2.45) is 0 Å². The molecule has 1 aromatic heterocycles. The molecule has 0 fully saturated rings. The maximum absolute atomic E-state index is 13.3. The van der Waals surface area contributed by atoms with Crippen molar-refractivity contribution in [3.8, 4) is 0 Å². The molecule has 1 heterocycles. The van der Waals surface area contributed by atoms with Crippen molar-refractivity contribution in [2.75, 3.05) is 17.7 Å². The van der Waals surface area contributed by atoms with Crippen LogP contribution in [-0.4, -0.2) is 44.3 Å². The Balaban J connectivity index is 2.13. The minimum Gasteiger partial charge on any atom is -0.465 e. The topological polar surface area (TPSA) is 85.7 Å². The number of fused-ring (bicyclic) bond motifs is 1. The predicted molar refractivity (Wildman–Crippen MR) is 112 cm³/mol. The number of rotatable bonds is 5. The molecule has 0 bridgehead atoms. The number of para-hydroxylation sites is 1. The highest BCUT2D eigenvalue weighted by Crippen LogP contribution is 2.33. The molecule has 0 aliphatic rings. The summed E-state index contributed by atoms with van der Waals surface area (Å²) in [6.45, 7) is 1.26. The van der Waals surface area contributed by atoms with Crippen molar-refractivity contribution < 1.29 is 35.9 Å². The number of methoxy groups -OCH3 is 1. The van der Waals surface area contributed by atoms with Gasteiger partial charge in [0, 0.05) is 11.6 Å². The minimum absolute atomic E-state index is 0.0913. The van der Waals surface area contributed by atoms with Crippen LogP contribution in [0.25, 0.3) is 10.9 Å². The normalized spacial score (nSPS) is 13.1. The molecule has 0 radical (unpaired) electrons. The summed E-state index contributed by atoms with van der Waals surface area (Å²) in [5, 5.41) is 0.407. The van der Waals surface area contributed by atoms with E-state index in [-0.39, 0.29) is 11.3 Å². The van der Waals surface area contributed by atoms with Crippen LogP contribution in [0.5, 0.6) is 0 Å². The van der Waals surface area contributed by atoms with E-state index in [1.807, 2.05) is 0 Å². The van der Waals surface area contributed by atoms with Crippen molar-refractivity contribution in [3.63, 3.8) is 0 Å². The van der Waals surface area contributed by atoms with Crippen LogP contribution in [0.2, 0.25) is 0 Å². The highest BCUT2D eigenvalue weighted by Gasteiger charge is 2.35. The van der Waals surface area contributed by atoms with Gasteiger partial charge in [0.25, 0.3) is 5.91 Å². The van der Waals surface area contributed by atoms with Gasteiger partial charge in [-0.25, -0.2) is 13.2 Å². The standard InChI is InChI=1S/C21H19F3N2O5S/c1-13(26(32(3,29)30)15-8-6-7-14(11-15)21(22,23)24)19(27)25-12-17(20(28)31-2)16-9-4-5-10-18(16)25/h4-13H,1-3H3/t13-/m1/s1. The molecule has 7 nitrogen and oxygen atoms in total. The molecule has 11 heteroatoms. The lowest BCUT2D eigenvalue weighted by Crippen LogP contribution is -2.44. The average molecular weight is 468 g/mol. The van der Waals surface area contributed by atoms with Gasteiger partial charge >= 0.3 is 12.1 Å². The number of benzene rings is 2. The zero-order chi connectivity index (χ0) is 23.8. The Morgan fingerprint density at radius 3 is 2.34 bits per heavy atom. The molecule has 32 heavy (non-hydrogen) atoms. The van der Waals surface area contributed by atoms with E-state index in [2.05, 4.69) is 0 Å².